The lowest BCUT2D eigenvalue weighted by molar-refractivity contribution is 0.0592. The van der Waals surface area contributed by atoms with E-state index in [0.717, 1.165) is 13.2 Å². The Morgan fingerprint density at radius 1 is 0.952 bits per heavy atom. The predicted molar refractivity (Wildman–Crippen MR) is 73.1 cm³/mol. The Kier molecular flexibility index (Phi) is 4.18. The van der Waals surface area contributed by atoms with Gasteiger partial charge in [0.05, 0.1) is 14.2 Å². The summed E-state index contributed by atoms with van der Waals surface area (Å²) >= 11 is 0. The fourth-order valence-electron chi connectivity index (χ4n) is 1.79. The Hall–Kier alpha value is -2.89. The topological polar surface area (TPSA) is 82.8 Å². The van der Waals surface area contributed by atoms with Gasteiger partial charge in [0.15, 0.2) is 5.76 Å². The van der Waals surface area contributed by atoms with Crippen molar-refractivity contribution in [1.29, 1.82) is 0 Å². The maximum absolute atomic E-state index is 11.9. The molecule has 2 aromatic rings. The first-order valence-electron chi connectivity index (χ1n) is 5.98. The van der Waals surface area contributed by atoms with E-state index < -0.39 is 17.6 Å². The smallest absolute Gasteiger partial charge is 0.351 e. The minimum Gasteiger partial charge on any atom is -0.465 e. The molecule has 1 aromatic carbocycles. The highest BCUT2D eigenvalue weighted by molar-refractivity contribution is 5.98. The minimum absolute atomic E-state index is 0.0244. The Labute approximate surface area is 119 Å². The second-order valence-electron chi connectivity index (χ2n) is 4.04. The van der Waals surface area contributed by atoms with Crippen LogP contribution in [0.4, 0.5) is 0 Å². The van der Waals surface area contributed by atoms with Gasteiger partial charge in [-0.2, -0.15) is 0 Å². The second-order valence-corrected chi connectivity index (χ2v) is 4.04. The number of methoxy groups -OCH3 is 2. The molecule has 0 radical (unpaired) electrons. The van der Waals surface area contributed by atoms with Gasteiger partial charge in [-0.15, -0.1) is 0 Å². The normalized spacial score (nSPS) is 10.0. The summed E-state index contributed by atoms with van der Waals surface area (Å²) in [6.45, 7) is 0. The molecule has 2 rings (SSSR count). The fourth-order valence-corrected chi connectivity index (χ4v) is 1.79. The van der Waals surface area contributed by atoms with Gasteiger partial charge in [-0.25, -0.2) is 14.4 Å². The lowest BCUT2D eigenvalue weighted by Gasteiger charge is -2.08. The molecule has 0 saturated heterocycles. The van der Waals surface area contributed by atoms with Crippen LogP contribution in [0, 0.1) is 0 Å². The summed E-state index contributed by atoms with van der Waals surface area (Å²) < 4.78 is 14.2. The number of hydrogen-bond acceptors (Lipinski definition) is 6. The SMILES string of the molecule is COC(=O)c1cc(C(=O)OC)c(=O)oc1-c1ccccc1. The molecule has 0 bridgehead atoms. The molecule has 21 heavy (non-hydrogen) atoms. The van der Waals surface area contributed by atoms with E-state index in [-0.39, 0.29) is 16.9 Å². The Morgan fingerprint density at radius 3 is 2.10 bits per heavy atom. The fraction of sp³-hybridized carbons (Fsp3) is 0.133. The van der Waals surface area contributed by atoms with Gasteiger partial charge in [0, 0.05) is 5.56 Å². The van der Waals surface area contributed by atoms with Crippen molar-refractivity contribution in [2.75, 3.05) is 14.2 Å². The average molecular weight is 288 g/mol. The van der Waals surface area contributed by atoms with Gasteiger partial charge < -0.3 is 13.9 Å². The van der Waals surface area contributed by atoms with E-state index in [1.807, 2.05) is 0 Å². The third-order valence-electron chi connectivity index (χ3n) is 2.79. The number of carbonyl (C=O) groups is 2. The molecule has 0 aliphatic heterocycles. The van der Waals surface area contributed by atoms with Gasteiger partial charge in [-0.05, 0) is 6.07 Å². The van der Waals surface area contributed by atoms with Crippen molar-refractivity contribution in [2.45, 2.75) is 0 Å². The molecule has 1 heterocycles. The number of rotatable bonds is 3. The van der Waals surface area contributed by atoms with E-state index in [1.54, 1.807) is 30.3 Å². The van der Waals surface area contributed by atoms with Crippen molar-refractivity contribution < 1.29 is 23.5 Å². The van der Waals surface area contributed by atoms with Crippen LogP contribution < -0.4 is 5.63 Å². The second kappa shape index (κ2) is 6.04. The third-order valence-corrected chi connectivity index (χ3v) is 2.79. The molecule has 6 heteroatoms. The summed E-state index contributed by atoms with van der Waals surface area (Å²) in [6.07, 6.45) is 0. The molecule has 6 nitrogen and oxygen atoms in total. The van der Waals surface area contributed by atoms with Crippen LogP contribution in [0.5, 0.6) is 0 Å². The van der Waals surface area contributed by atoms with Crippen molar-refractivity contribution in [3.05, 3.63) is 57.9 Å². The van der Waals surface area contributed by atoms with Crippen molar-refractivity contribution >= 4 is 11.9 Å². The Balaban J connectivity index is 2.71. The van der Waals surface area contributed by atoms with Crippen LogP contribution in [0.2, 0.25) is 0 Å². The van der Waals surface area contributed by atoms with Crippen LogP contribution in [0.1, 0.15) is 20.7 Å². The van der Waals surface area contributed by atoms with Crippen LogP contribution in [0.3, 0.4) is 0 Å². The zero-order valence-electron chi connectivity index (χ0n) is 11.4. The standard InChI is InChI=1S/C15H12O6/c1-19-13(16)10-8-11(14(17)20-2)15(18)21-12(10)9-6-4-3-5-7-9/h3-8H,1-2H3. The molecule has 1 aromatic heterocycles. The van der Waals surface area contributed by atoms with Gasteiger partial charge >= 0.3 is 17.6 Å². The summed E-state index contributed by atoms with van der Waals surface area (Å²) in [5, 5.41) is 0. The number of carbonyl (C=O) groups excluding carboxylic acids is 2. The molecular weight excluding hydrogens is 276 g/mol. The van der Waals surface area contributed by atoms with E-state index in [9.17, 15) is 14.4 Å². The molecule has 0 aliphatic rings. The van der Waals surface area contributed by atoms with Crippen LogP contribution in [0.25, 0.3) is 11.3 Å². The molecule has 0 aliphatic carbocycles. The largest absolute Gasteiger partial charge is 0.465 e. The molecule has 0 spiro atoms. The van der Waals surface area contributed by atoms with Crippen LogP contribution in [0.15, 0.2) is 45.6 Å². The maximum atomic E-state index is 11.9. The first-order chi connectivity index (χ1) is 10.1. The zero-order chi connectivity index (χ0) is 15.4. The number of ether oxygens (including phenoxy) is 2. The molecule has 0 atom stereocenters. The summed E-state index contributed by atoms with van der Waals surface area (Å²) in [5.74, 6) is -1.56. The molecule has 0 unspecified atom stereocenters. The first-order valence-corrected chi connectivity index (χ1v) is 5.98. The van der Waals surface area contributed by atoms with E-state index in [4.69, 9.17) is 4.42 Å². The van der Waals surface area contributed by atoms with Gasteiger partial charge in [-0.1, -0.05) is 30.3 Å². The molecular formula is C15H12O6. The molecule has 108 valence electrons. The number of benzene rings is 1. The summed E-state index contributed by atoms with van der Waals surface area (Å²) in [7, 11) is 2.32. The van der Waals surface area contributed by atoms with Crippen molar-refractivity contribution in [3.8, 4) is 11.3 Å². The third kappa shape index (κ3) is 2.84. The molecule has 0 amide bonds. The lowest BCUT2D eigenvalue weighted by atomic mass is 10.1. The Morgan fingerprint density at radius 2 is 1.52 bits per heavy atom. The van der Waals surface area contributed by atoms with Gasteiger partial charge in [0.1, 0.15) is 11.1 Å². The molecule has 0 N–H and O–H groups in total. The monoisotopic (exact) mass is 288 g/mol. The average Bonchev–Trinajstić information content (AvgIpc) is 2.54. The van der Waals surface area contributed by atoms with E-state index >= 15 is 0 Å². The minimum atomic E-state index is -0.881. The van der Waals surface area contributed by atoms with Crippen molar-refractivity contribution in [2.24, 2.45) is 0 Å². The molecule has 0 fully saturated rings. The molecule has 0 saturated carbocycles. The lowest BCUT2D eigenvalue weighted by Crippen LogP contribution is -2.18. The zero-order valence-corrected chi connectivity index (χ0v) is 11.4. The van der Waals surface area contributed by atoms with E-state index in [1.165, 1.54) is 7.11 Å². The van der Waals surface area contributed by atoms with Gasteiger partial charge in [0.25, 0.3) is 0 Å². The van der Waals surface area contributed by atoms with Gasteiger partial charge in [0.2, 0.25) is 0 Å². The van der Waals surface area contributed by atoms with Gasteiger partial charge in [-0.3, -0.25) is 0 Å². The summed E-state index contributed by atoms with van der Waals surface area (Å²) in [6, 6.07) is 9.69. The predicted octanol–water partition coefficient (Wildman–Crippen LogP) is 1.88. The van der Waals surface area contributed by atoms with Crippen molar-refractivity contribution in [1.82, 2.24) is 0 Å². The quantitative estimate of drug-likeness (QED) is 0.802. The van der Waals surface area contributed by atoms with E-state index in [2.05, 4.69) is 9.47 Å². The summed E-state index contributed by atoms with van der Waals surface area (Å²) in [4.78, 5) is 35.2. The number of hydrogen-bond donors (Lipinski definition) is 0. The van der Waals surface area contributed by atoms with Crippen LogP contribution in [-0.4, -0.2) is 26.2 Å². The summed E-state index contributed by atoms with van der Waals surface area (Å²) in [5.41, 5.74) is -0.749. The number of esters is 2. The van der Waals surface area contributed by atoms with Crippen LogP contribution >= 0.6 is 0 Å². The van der Waals surface area contributed by atoms with E-state index in [0.29, 0.717) is 5.56 Å². The Bertz CT molecular complexity index is 730. The first kappa shape index (κ1) is 14.5. The highest BCUT2D eigenvalue weighted by Gasteiger charge is 2.22. The highest BCUT2D eigenvalue weighted by atomic mass is 16.5. The van der Waals surface area contributed by atoms with Crippen LogP contribution in [-0.2, 0) is 9.47 Å². The maximum Gasteiger partial charge on any atom is 0.351 e. The van der Waals surface area contributed by atoms with Crippen molar-refractivity contribution in [3.63, 3.8) is 0 Å². The highest BCUT2D eigenvalue weighted by Crippen LogP contribution is 2.23.